The summed E-state index contributed by atoms with van der Waals surface area (Å²) in [6, 6.07) is 0. The molecule has 8 nitrogen and oxygen atoms in total. The lowest BCUT2D eigenvalue weighted by atomic mass is 9.94. The third-order valence-electron chi connectivity index (χ3n) is 4.61. The number of halogens is 1. The first kappa shape index (κ1) is 25.2. The average molecular weight is 527 g/mol. The maximum atomic E-state index is 11.6. The zero-order valence-corrected chi connectivity index (χ0v) is 20.6. The number of sulfonamides is 1. The summed E-state index contributed by atoms with van der Waals surface area (Å²) < 4.78 is 30.5. The number of oxazole rings is 1. The first-order valence-electron chi connectivity index (χ1n) is 9.52. The third kappa shape index (κ3) is 7.86. The highest BCUT2D eigenvalue weighted by Crippen LogP contribution is 2.23. The summed E-state index contributed by atoms with van der Waals surface area (Å²) in [5.74, 6) is 2.60. The molecule has 0 bridgehead atoms. The monoisotopic (exact) mass is 527 g/mol. The Kier molecular flexibility index (Phi) is 9.68. The van der Waals surface area contributed by atoms with Crippen molar-refractivity contribution in [2.24, 2.45) is 10.9 Å². The van der Waals surface area contributed by atoms with Gasteiger partial charge in [0.05, 0.1) is 12.5 Å². The fourth-order valence-electron chi connectivity index (χ4n) is 2.90. The number of nitrogens with zero attached hydrogens (tertiary/aromatic N) is 3. The summed E-state index contributed by atoms with van der Waals surface area (Å²) in [4.78, 5) is 8.85. The van der Waals surface area contributed by atoms with Crippen LogP contribution in [0.5, 0.6) is 0 Å². The lowest BCUT2D eigenvalue weighted by Crippen LogP contribution is -2.44. The van der Waals surface area contributed by atoms with Gasteiger partial charge < -0.3 is 15.1 Å². The van der Waals surface area contributed by atoms with Crippen molar-refractivity contribution in [3.8, 4) is 0 Å². The highest BCUT2D eigenvalue weighted by atomic mass is 127. The summed E-state index contributed by atoms with van der Waals surface area (Å²) in [5.41, 5.74) is -0.0709. The first-order chi connectivity index (χ1) is 12.6. The lowest BCUT2D eigenvalue weighted by Gasteiger charge is -2.30. The van der Waals surface area contributed by atoms with Crippen molar-refractivity contribution in [1.29, 1.82) is 0 Å². The highest BCUT2D eigenvalue weighted by Gasteiger charge is 2.25. The van der Waals surface area contributed by atoms with E-state index in [0.29, 0.717) is 31.4 Å². The largest absolute Gasteiger partial charge is 0.443 e. The molecule has 1 aromatic rings. The van der Waals surface area contributed by atoms with E-state index in [2.05, 4.69) is 41.4 Å². The van der Waals surface area contributed by atoms with E-state index in [9.17, 15) is 8.42 Å². The van der Waals surface area contributed by atoms with E-state index in [0.717, 1.165) is 37.7 Å². The molecule has 2 heterocycles. The predicted molar refractivity (Wildman–Crippen MR) is 123 cm³/mol. The molecule has 0 atom stereocenters. The van der Waals surface area contributed by atoms with Gasteiger partial charge in [-0.15, -0.1) is 24.0 Å². The van der Waals surface area contributed by atoms with Gasteiger partial charge in [0.15, 0.2) is 5.96 Å². The van der Waals surface area contributed by atoms with Crippen LogP contribution in [-0.2, 0) is 22.0 Å². The van der Waals surface area contributed by atoms with Crippen molar-refractivity contribution < 1.29 is 12.8 Å². The molecule has 2 N–H and O–H groups in total. The molecule has 1 fully saturated rings. The van der Waals surface area contributed by atoms with Gasteiger partial charge in [-0.2, -0.15) is 0 Å². The Bertz CT molecular complexity index is 735. The number of rotatable bonds is 6. The summed E-state index contributed by atoms with van der Waals surface area (Å²) in [6.07, 6.45) is 4.75. The van der Waals surface area contributed by atoms with E-state index in [1.807, 2.05) is 6.92 Å². The Balaban J connectivity index is 0.00000392. The van der Waals surface area contributed by atoms with Crippen molar-refractivity contribution in [3.63, 3.8) is 0 Å². The molecule has 1 saturated heterocycles. The fourth-order valence-corrected chi connectivity index (χ4v) is 3.78. The maximum Gasteiger partial charge on any atom is 0.216 e. The topological polar surface area (TPSA) is 99.8 Å². The molecule has 0 unspecified atom stereocenters. The van der Waals surface area contributed by atoms with Gasteiger partial charge in [0.2, 0.25) is 15.9 Å². The molecule has 162 valence electrons. The second kappa shape index (κ2) is 10.8. The Hall–Kier alpha value is -0.880. The molecule has 28 heavy (non-hydrogen) atoms. The minimum Gasteiger partial charge on any atom is -0.443 e. The Morgan fingerprint density at radius 1 is 1.32 bits per heavy atom. The minimum atomic E-state index is -3.08. The zero-order valence-electron chi connectivity index (χ0n) is 17.5. The van der Waals surface area contributed by atoms with Crippen molar-refractivity contribution in [1.82, 2.24) is 19.9 Å². The fraction of sp³-hybridized carbons (Fsp3) is 0.778. The van der Waals surface area contributed by atoms with Crippen LogP contribution < -0.4 is 10.6 Å². The predicted octanol–water partition coefficient (Wildman–Crippen LogP) is 2.32. The molecule has 0 amide bonds. The van der Waals surface area contributed by atoms with Crippen LogP contribution in [0.4, 0.5) is 0 Å². The van der Waals surface area contributed by atoms with Crippen LogP contribution in [0.2, 0.25) is 0 Å². The zero-order chi connectivity index (χ0) is 20.1. The van der Waals surface area contributed by atoms with Gasteiger partial charge >= 0.3 is 0 Å². The number of aromatic nitrogens is 1. The van der Waals surface area contributed by atoms with Crippen molar-refractivity contribution in [3.05, 3.63) is 17.8 Å². The van der Waals surface area contributed by atoms with E-state index < -0.39 is 10.0 Å². The van der Waals surface area contributed by atoms with E-state index >= 15 is 0 Å². The van der Waals surface area contributed by atoms with Gasteiger partial charge in [-0.1, -0.05) is 20.8 Å². The van der Waals surface area contributed by atoms with Crippen LogP contribution in [0.3, 0.4) is 0 Å². The van der Waals surface area contributed by atoms with Crippen LogP contribution in [0.25, 0.3) is 0 Å². The molecule has 1 aliphatic rings. The van der Waals surface area contributed by atoms with Crippen LogP contribution in [0.1, 0.15) is 52.2 Å². The molecular formula is C18H34IN5O3S. The molecule has 1 aromatic heterocycles. The molecule has 2 rings (SSSR count). The summed E-state index contributed by atoms with van der Waals surface area (Å²) in [7, 11) is -3.08. The summed E-state index contributed by atoms with van der Waals surface area (Å²) >= 11 is 0. The van der Waals surface area contributed by atoms with Gasteiger partial charge in [-0.25, -0.2) is 22.7 Å². The molecule has 0 radical (unpaired) electrons. The standard InChI is InChI=1S/C18H33N5O3S.HI/c1-6-19-17(22-13-16-20-12-15(26-16)18(2,3)4)21-11-14-7-9-23(10-8-14)27(5,24)25;/h12,14H,6-11,13H2,1-5H3,(H2,19,21,22);1H. The van der Waals surface area contributed by atoms with Crippen molar-refractivity contribution >= 4 is 40.0 Å². The lowest BCUT2D eigenvalue weighted by molar-refractivity contribution is 0.275. The third-order valence-corrected chi connectivity index (χ3v) is 5.91. The minimum absolute atomic E-state index is 0. The SMILES string of the molecule is CCNC(=NCc1ncc(C(C)(C)C)o1)NCC1CCN(S(C)(=O)=O)CC1.I. The molecule has 1 aliphatic heterocycles. The average Bonchev–Trinajstić information content (AvgIpc) is 3.06. The molecule has 0 aliphatic carbocycles. The van der Waals surface area contributed by atoms with Crippen LogP contribution in [-0.4, -0.2) is 56.1 Å². The number of hydrogen-bond donors (Lipinski definition) is 2. The van der Waals surface area contributed by atoms with Crippen molar-refractivity contribution in [2.75, 3.05) is 32.4 Å². The smallest absolute Gasteiger partial charge is 0.216 e. The molecular weight excluding hydrogens is 493 g/mol. The van der Waals surface area contributed by atoms with Crippen molar-refractivity contribution in [2.45, 2.75) is 52.5 Å². The van der Waals surface area contributed by atoms with Crippen LogP contribution in [0, 0.1) is 5.92 Å². The van der Waals surface area contributed by atoms with Crippen LogP contribution in [0.15, 0.2) is 15.6 Å². The second-order valence-electron chi connectivity index (χ2n) is 8.05. The van der Waals surface area contributed by atoms with E-state index in [1.54, 1.807) is 10.5 Å². The second-order valence-corrected chi connectivity index (χ2v) is 10.0. The molecule has 10 heteroatoms. The Labute approximate surface area is 186 Å². The number of piperidine rings is 1. The summed E-state index contributed by atoms with van der Waals surface area (Å²) in [6.45, 7) is 11.3. The highest BCUT2D eigenvalue weighted by molar-refractivity contribution is 14.0. The number of guanidine groups is 1. The van der Waals surface area contributed by atoms with Gasteiger partial charge in [0.1, 0.15) is 12.3 Å². The summed E-state index contributed by atoms with van der Waals surface area (Å²) in [5, 5.41) is 6.58. The van der Waals surface area contributed by atoms with E-state index in [4.69, 9.17) is 4.42 Å². The number of aliphatic imine (C=N–C) groups is 1. The molecule has 0 aromatic carbocycles. The van der Waals surface area contributed by atoms with E-state index in [1.165, 1.54) is 6.26 Å². The van der Waals surface area contributed by atoms with Gasteiger partial charge in [-0.05, 0) is 25.7 Å². The normalized spacial score (nSPS) is 17.2. The first-order valence-corrected chi connectivity index (χ1v) is 11.4. The molecule has 0 saturated carbocycles. The van der Waals surface area contributed by atoms with Crippen LogP contribution >= 0.6 is 24.0 Å². The van der Waals surface area contributed by atoms with Gasteiger partial charge in [-0.3, -0.25) is 0 Å². The van der Waals surface area contributed by atoms with E-state index in [-0.39, 0.29) is 29.4 Å². The van der Waals surface area contributed by atoms with Gasteiger partial charge in [0.25, 0.3) is 0 Å². The quantitative estimate of drug-likeness (QED) is 0.335. The maximum absolute atomic E-state index is 11.6. The Morgan fingerprint density at radius 3 is 2.46 bits per heavy atom. The van der Waals surface area contributed by atoms with Gasteiger partial charge in [0, 0.05) is 31.6 Å². The number of hydrogen-bond acceptors (Lipinski definition) is 5. The molecule has 0 spiro atoms. The Morgan fingerprint density at radius 2 is 1.96 bits per heavy atom. The number of nitrogens with one attached hydrogen (secondary N) is 2.